The second-order valence-corrected chi connectivity index (χ2v) is 10.7. The molecule has 10 nitrogen and oxygen atoms in total. The summed E-state index contributed by atoms with van der Waals surface area (Å²) in [5.74, 6) is -0.0546. The average molecular weight is 516 g/mol. The summed E-state index contributed by atoms with van der Waals surface area (Å²) in [6, 6.07) is 4.05. The van der Waals surface area contributed by atoms with Crippen LogP contribution in [0.3, 0.4) is 0 Å². The molecule has 0 saturated heterocycles. The molecular formula is C23H25N5O5S2. The molecule has 0 spiro atoms. The lowest BCUT2D eigenvalue weighted by Gasteiger charge is -2.18. The summed E-state index contributed by atoms with van der Waals surface area (Å²) in [7, 11) is -3.81. The van der Waals surface area contributed by atoms with Gasteiger partial charge < -0.3 is 19.0 Å². The summed E-state index contributed by atoms with van der Waals surface area (Å²) < 4.78 is 29.1. The fraction of sp³-hybridized carbons (Fsp3) is 0.261. The number of hydrogen-bond donors (Lipinski definition) is 5. The molecule has 184 valence electrons. The molecule has 0 saturated carbocycles. The van der Waals surface area contributed by atoms with Crippen LogP contribution in [0.25, 0.3) is 10.2 Å². The van der Waals surface area contributed by atoms with Gasteiger partial charge in [0.05, 0.1) is 27.4 Å². The molecule has 0 bridgehead atoms. The van der Waals surface area contributed by atoms with E-state index in [0.717, 1.165) is 4.70 Å². The van der Waals surface area contributed by atoms with E-state index in [2.05, 4.69) is 25.8 Å². The van der Waals surface area contributed by atoms with Crippen LogP contribution in [0.2, 0.25) is 0 Å². The number of hydrogen-bond acceptors (Lipinski definition) is 11. The highest BCUT2D eigenvalue weighted by atomic mass is 32.3. The topological polar surface area (TPSA) is 156 Å². The van der Waals surface area contributed by atoms with E-state index < -0.39 is 16.9 Å². The van der Waals surface area contributed by atoms with Crippen LogP contribution in [-0.2, 0) is 9.59 Å². The SMILES string of the molecule is CC(C)C1=NNC(/C=C/C=C/C=C2/C(=O)CN=C2CNc2nc3cc(S(O)(O)O)ccc3s2)C1=O. The average Bonchev–Trinajstić information content (AvgIpc) is 3.48. The monoisotopic (exact) mass is 515 g/mol. The molecule has 4 rings (SSSR count). The number of benzene rings is 1. The van der Waals surface area contributed by atoms with Crippen molar-refractivity contribution in [1.29, 1.82) is 0 Å². The first-order valence-corrected chi connectivity index (χ1v) is 13.1. The van der Waals surface area contributed by atoms with Crippen LogP contribution in [0.15, 0.2) is 69.1 Å². The lowest BCUT2D eigenvalue weighted by Crippen LogP contribution is -2.29. The third-order valence-electron chi connectivity index (χ3n) is 5.30. The van der Waals surface area contributed by atoms with Crippen molar-refractivity contribution in [1.82, 2.24) is 10.4 Å². The molecular weight excluding hydrogens is 490 g/mol. The normalized spacial score (nSPS) is 20.5. The second-order valence-electron chi connectivity index (χ2n) is 8.18. The first kappa shape index (κ1) is 24.9. The number of allylic oxidation sites excluding steroid dienone is 4. The lowest BCUT2D eigenvalue weighted by atomic mass is 10.0. The Morgan fingerprint density at radius 3 is 2.74 bits per heavy atom. The molecule has 2 aliphatic rings. The van der Waals surface area contributed by atoms with Crippen molar-refractivity contribution in [2.75, 3.05) is 18.4 Å². The smallest absolute Gasteiger partial charge is 0.206 e. The van der Waals surface area contributed by atoms with Gasteiger partial charge in [-0.05, 0) is 24.3 Å². The Bertz CT molecular complexity index is 1320. The summed E-state index contributed by atoms with van der Waals surface area (Å²) in [4.78, 5) is 33.2. The van der Waals surface area contributed by atoms with Crippen LogP contribution < -0.4 is 10.7 Å². The van der Waals surface area contributed by atoms with Crippen LogP contribution in [0.5, 0.6) is 0 Å². The number of aromatic nitrogens is 1. The number of hydrazone groups is 1. The Labute approximate surface area is 207 Å². The van der Waals surface area contributed by atoms with Crippen LogP contribution >= 0.6 is 22.2 Å². The number of rotatable bonds is 8. The van der Waals surface area contributed by atoms with Gasteiger partial charge in [-0.1, -0.05) is 49.5 Å². The molecule has 1 aromatic heterocycles. The van der Waals surface area contributed by atoms with Crippen LogP contribution in [0, 0.1) is 5.92 Å². The summed E-state index contributed by atoms with van der Waals surface area (Å²) in [5.41, 5.74) is 4.97. The van der Waals surface area contributed by atoms with Gasteiger partial charge in [-0.2, -0.15) is 5.10 Å². The Balaban J connectivity index is 1.36. The maximum absolute atomic E-state index is 12.3. The molecule has 0 aliphatic carbocycles. The largest absolute Gasteiger partial charge is 0.356 e. The summed E-state index contributed by atoms with van der Waals surface area (Å²) in [5, 5.41) is 7.80. The van der Waals surface area contributed by atoms with Crippen molar-refractivity contribution in [2.24, 2.45) is 16.0 Å². The van der Waals surface area contributed by atoms with Crippen LogP contribution in [0.4, 0.5) is 5.13 Å². The fourth-order valence-corrected chi connectivity index (χ4v) is 4.86. The van der Waals surface area contributed by atoms with E-state index in [-0.39, 0.29) is 28.9 Å². The Morgan fingerprint density at radius 2 is 2.03 bits per heavy atom. The molecule has 5 N–H and O–H groups in total. The number of fused-ring (bicyclic) bond motifs is 1. The molecule has 12 heteroatoms. The number of nitrogens with zero attached hydrogens (tertiary/aromatic N) is 3. The van der Waals surface area contributed by atoms with E-state index in [0.29, 0.717) is 34.2 Å². The van der Waals surface area contributed by atoms with Gasteiger partial charge in [-0.3, -0.25) is 20.0 Å². The molecule has 0 amide bonds. The van der Waals surface area contributed by atoms with Crippen molar-refractivity contribution in [3.8, 4) is 0 Å². The van der Waals surface area contributed by atoms with Crippen molar-refractivity contribution < 1.29 is 23.2 Å². The first-order chi connectivity index (χ1) is 16.6. The van der Waals surface area contributed by atoms with E-state index in [1.54, 1.807) is 36.4 Å². The number of carbonyl (C=O) groups excluding carboxylic acids is 2. The molecule has 0 radical (unpaired) electrons. The maximum atomic E-state index is 12.3. The van der Waals surface area contributed by atoms with Crippen LogP contribution in [-0.4, -0.2) is 60.8 Å². The molecule has 1 unspecified atom stereocenters. The van der Waals surface area contributed by atoms with Crippen molar-refractivity contribution in [3.63, 3.8) is 0 Å². The fourth-order valence-electron chi connectivity index (χ4n) is 3.50. The Morgan fingerprint density at radius 1 is 1.23 bits per heavy atom. The van der Waals surface area contributed by atoms with Gasteiger partial charge in [0.25, 0.3) is 0 Å². The number of anilines is 1. The van der Waals surface area contributed by atoms with E-state index >= 15 is 0 Å². The maximum Gasteiger partial charge on any atom is 0.206 e. The molecule has 0 fully saturated rings. The number of ketones is 2. The third-order valence-corrected chi connectivity index (χ3v) is 7.18. The third kappa shape index (κ3) is 5.74. The number of carbonyl (C=O) groups is 2. The summed E-state index contributed by atoms with van der Waals surface area (Å²) >= 11 is 1.36. The lowest BCUT2D eigenvalue weighted by molar-refractivity contribution is -0.114. The first-order valence-electron chi connectivity index (χ1n) is 10.8. The van der Waals surface area contributed by atoms with Gasteiger partial charge >= 0.3 is 0 Å². The van der Waals surface area contributed by atoms with Gasteiger partial charge in [0.1, 0.15) is 29.2 Å². The summed E-state index contributed by atoms with van der Waals surface area (Å²) in [6.45, 7) is 4.22. The molecule has 2 aromatic rings. The van der Waals surface area contributed by atoms with E-state index in [4.69, 9.17) is 0 Å². The highest BCUT2D eigenvalue weighted by Crippen LogP contribution is 2.44. The van der Waals surface area contributed by atoms with Gasteiger partial charge in [0.15, 0.2) is 10.9 Å². The highest BCUT2D eigenvalue weighted by molar-refractivity contribution is 8.19. The van der Waals surface area contributed by atoms with Gasteiger partial charge in [-0.15, -0.1) is 0 Å². The molecule has 3 heterocycles. The van der Waals surface area contributed by atoms with Gasteiger partial charge in [0.2, 0.25) is 5.78 Å². The predicted molar refractivity (Wildman–Crippen MR) is 140 cm³/mol. The van der Waals surface area contributed by atoms with E-state index in [1.165, 1.54) is 23.5 Å². The van der Waals surface area contributed by atoms with E-state index in [9.17, 15) is 23.2 Å². The highest BCUT2D eigenvalue weighted by Gasteiger charge is 2.28. The number of Topliss-reactive ketones (excluding diaryl/α,β-unsaturated/α-hetero) is 2. The molecule has 35 heavy (non-hydrogen) atoms. The number of aliphatic imine (C=N–C) groups is 1. The second kappa shape index (κ2) is 10.2. The van der Waals surface area contributed by atoms with E-state index in [1.807, 2.05) is 13.8 Å². The zero-order chi connectivity index (χ0) is 25.2. The Hall–Kier alpha value is -3.16. The zero-order valence-corrected chi connectivity index (χ0v) is 20.6. The number of thiazole rings is 1. The Kier molecular flexibility index (Phi) is 7.28. The van der Waals surface area contributed by atoms with Crippen molar-refractivity contribution in [3.05, 3.63) is 54.2 Å². The molecule has 2 aliphatic heterocycles. The van der Waals surface area contributed by atoms with Gasteiger partial charge in [-0.25, -0.2) is 4.98 Å². The minimum absolute atomic E-state index is 0.000335. The predicted octanol–water partition coefficient (Wildman–Crippen LogP) is 3.91. The quantitative estimate of drug-likeness (QED) is 0.262. The minimum Gasteiger partial charge on any atom is -0.356 e. The van der Waals surface area contributed by atoms with Crippen LogP contribution in [0.1, 0.15) is 13.8 Å². The zero-order valence-electron chi connectivity index (χ0n) is 19.0. The molecule has 1 aromatic carbocycles. The number of nitrogens with one attached hydrogen (secondary N) is 2. The van der Waals surface area contributed by atoms with Crippen molar-refractivity contribution in [2.45, 2.75) is 24.8 Å². The van der Waals surface area contributed by atoms with Gasteiger partial charge in [0, 0.05) is 11.5 Å². The summed E-state index contributed by atoms with van der Waals surface area (Å²) in [6.07, 6.45) is 8.61. The van der Waals surface area contributed by atoms with Crippen molar-refractivity contribution >= 4 is 60.5 Å². The minimum atomic E-state index is -3.81. The standard InChI is InChI=1S/C23H25N5O5S2/c1-13(2)21-22(30)16(27-28-21)7-5-3-4-6-15-18(24-12-19(15)29)11-25-23-26-17-10-14(35(31,32)33)8-9-20(17)34-23/h3-10,13,16,27,31-33H,11-12H2,1-2H3,(H,25,26)/b4-3+,7-5+,15-6+. The molecule has 1 atom stereocenters.